The minimum absolute atomic E-state index is 0.221. The Bertz CT molecular complexity index is 1790. The van der Waals surface area contributed by atoms with Crippen molar-refractivity contribution < 1.29 is 4.42 Å². The lowest BCUT2D eigenvalue weighted by atomic mass is 9.84. The highest BCUT2D eigenvalue weighted by molar-refractivity contribution is 6.30. The Labute approximate surface area is 225 Å². The molecular weight excluding hydrogens is 462 g/mol. The third-order valence-electron chi connectivity index (χ3n) is 8.65. The molecule has 7 rings (SSSR count). The third kappa shape index (κ3) is 3.88. The van der Waals surface area contributed by atoms with Gasteiger partial charge in [-0.05, 0) is 102 Å². The smallest absolute Gasteiger partial charge is 0.144 e. The molecule has 0 spiro atoms. The van der Waals surface area contributed by atoms with E-state index in [2.05, 4.69) is 96.1 Å². The Morgan fingerprint density at radius 2 is 1.76 bits per heavy atom. The number of hydrogen-bond donors (Lipinski definition) is 0. The second-order valence-corrected chi connectivity index (χ2v) is 13.9. The number of rotatable bonds is 3. The summed E-state index contributed by atoms with van der Waals surface area (Å²) >= 11 is 0. The fourth-order valence-corrected chi connectivity index (χ4v) is 7.06. The molecule has 1 saturated carbocycles. The molecule has 4 aromatic carbocycles. The van der Waals surface area contributed by atoms with Crippen LogP contribution < -0.4 is 0 Å². The highest BCUT2D eigenvalue weighted by atomic mass is 16.3. The van der Waals surface area contributed by atoms with Gasteiger partial charge < -0.3 is 4.42 Å². The third-order valence-corrected chi connectivity index (χ3v) is 8.65. The van der Waals surface area contributed by atoms with Gasteiger partial charge in [-0.3, -0.25) is 0 Å². The Morgan fingerprint density at radius 1 is 0.947 bits per heavy atom. The van der Waals surface area contributed by atoms with E-state index in [0.29, 0.717) is 11.3 Å². The van der Waals surface area contributed by atoms with Gasteiger partial charge in [0, 0.05) is 27.3 Å². The minimum atomic E-state index is 0.221. The van der Waals surface area contributed by atoms with E-state index < -0.39 is 0 Å². The normalized spacial score (nSPS) is 18.7. The highest BCUT2D eigenvalue weighted by Crippen LogP contribution is 2.49. The molecule has 2 nitrogen and oxygen atoms in total. The number of aryl methyl sites for hydroxylation is 1. The van der Waals surface area contributed by atoms with E-state index in [9.17, 15) is 0 Å². The molecule has 0 amide bonds. The molecule has 192 valence electrons. The summed E-state index contributed by atoms with van der Waals surface area (Å²) in [5.41, 5.74) is 11.1. The van der Waals surface area contributed by atoms with Gasteiger partial charge in [-0.25, -0.2) is 4.99 Å². The monoisotopic (exact) mass is 499 g/mol. The lowest BCUT2D eigenvalue weighted by Crippen LogP contribution is -2.09. The molecule has 1 aliphatic heterocycles. The molecule has 1 aliphatic carbocycles. The molecule has 2 heterocycles. The van der Waals surface area contributed by atoms with Crippen LogP contribution in [0.2, 0.25) is 0 Å². The Hall–Kier alpha value is -3.39. The van der Waals surface area contributed by atoms with Crippen LogP contribution in [0.25, 0.3) is 32.7 Å². The van der Waals surface area contributed by atoms with Gasteiger partial charge in [0.1, 0.15) is 11.2 Å². The van der Waals surface area contributed by atoms with Gasteiger partial charge in [0.05, 0.1) is 11.4 Å². The van der Waals surface area contributed by atoms with E-state index in [1.54, 1.807) is 0 Å². The lowest BCUT2D eigenvalue weighted by Gasteiger charge is -2.20. The molecular formula is C36H37NO. The fraction of sp³-hybridized carbons (Fsp3) is 0.361. The predicted octanol–water partition coefficient (Wildman–Crippen LogP) is 10.4. The van der Waals surface area contributed by atoms with Gasteiger partial charge in [0.2, 0.25) is 0 Å². The van der Waals surface area contributed by atoms with Gasteiger partial charge in [-0.2, -0.15) is 0 Å². The Balaban J connectivity index is 1.48. The molecule has 5 aromatic rings. The second kappa shape index (κ2) is 8.06. The van der Waals surface area contributed by atoms with E-state index in [0.717, 1.165) is 34.5 Å². The zero-order valence-corrected chi connectivity index (χ0v) is 23.5. The van der Waals surface area contributed by atoms with Crippen LogP contribution in [0, 0.1) is 17.8 Å². The average Bonchev–Trinajstić information content (AvgIpc) is 3.51. The molecule has 38 heavy (non-hydrogen) atoms. The molecule has 0 bridgehead atoms. The summed E-state index contributed by atoms with van der Waals surface area (Å²) < 4.78 is 6.51. The van der Waals surface area contributed by atoms with Crippen molar-refractivity contribution in [2.45, 2.75) is 73.1 Å². The molecule has 2 heteroatoms. The average molecular weight is 500 g/mol. The first kappa shape index (κ1) is 23.7. The SMILES string of the molecule is Cc1cc(C2=Nc3cc(CC(C)(C)C)cc4cc(C5CCC(C)(C)C5)cc2c34)c2oc3ccccc3c2c1. The molecule has 1 atom stereocenters. The maximum atomic E-state index is 6.51. The van der Waals surface area contributed by atoms with E-state index in [4.69, 9.17) is 9.41 Å². The van der Waals surface area contributed by atoms with Crippen LogP contribution in [0.5, 0.6) is 0 Å². The van der Waals surface area contributed by atoms with Gasteiger partial charge in [-0.15, -0.1) is 0 Å². The van der Waals surface area contributed by atoms with Crippen molar-refractivity contribution in [3.05, 3.63) is 88.5 Å². The van der Waals surface area contributed by atoms with Crippen LogP contribution in [0.15, 0.2) is 70.1 Å². The predicted molar refractivity (Wildman–Crippen MR) is 161 cm³/mol. The lowest BCUT2D eigenvalue weighted by molar-refractivity contribution is 0.376. The number of hydrogen-bond acceptors (Lipinski definition) is 2. The molecule has 0 radical (unpaired) electrons. The Morgan fingerprint density at radius 3 is 2.53 bits per heavy atom. The molecule has 0 saturated heterocycles. The van der Waals surface area contributed by atoms with E-state index in [-0.39, 0.29) is 5.41 Å². The summed E-state index contributed by atoms with van der Waals surface area (Å²) in [6, 6.07) is 22.6. The molecule has 1 fully saturated rings. The number of fused-ring (bicyclic) bond motifs is 3. The topological polar surface area (TPSA) is 25.5 Å². The summed E-state index contributed by atoms with van der Waals surface area (Å²) in [7, 11) is 0. The van der Waals surface area contributed by atoms with Crippen LogP contribution >= 0.6 is 0 Å². The van der Waals surface area contributed by atoms with Crippen molar-refractivity contribution >= 4 is 44.1 Å². The van der Waals surface area contributed by atoms with Crippen molar-refractivity contribution in [1.29, 1.82) is 0 Å². The summed E-state index contributed by atoms with van der Waals surface area (Å²) in [5, 5.41) is 4.98. The van der Waals surface area contributed by atoms with Crippen molar-refractivity contribution in [3.63, 3.8) is 0 Å². The number of furan rings is 1. The summed E-state index contributed by atoms with van der Waals surface area (Å²) in [6.45, 7) is 14.0. The summed E-state index contributed by atoms with van der Waals surface area (Å²) in [4.78, 5) is 5.37. The first-order valence-corrected chi connectivity index (χ1v) is 14.2. The van der Waals surface area contributed by atoms with Crippen molar-refractivity contribution in [1.82, 2.24) is 0 Å². The van der Waals surface area contributed by atoms with E-state index in [1.807, 2.05) is 6.07 Å². The van der Waals surface area contributed by atoms with Crippen LogP contribution in [-0.4, -0.2) is 5.71 Å². The molecule has 1 aromatic heterocycles. The number of benzene rings is 4. The zero-order valence-electron chi connectivity index (χ0n) is 23.5. The number of para-hydroxylation sites is 1. The molecule has 2 aliphatic rings. The van der Waals surface area contributed by atoms with Crippen LogP contribution in [0.4, 0.5) is 5.69 Å². The van der Waals surface area contributed by atoms with Crippen LogP contribution in [0.3, 0.4) is 0 Å². The van der Waals surface area contributed by atoms with Crippen LogP contribution in [-0.2, 0) is 6.42 Å². The Kier molecular flexibility index (Phi) is 5.03. The first-order chi connectivity index (χ1) is 18.0. The molecule has 1 unspecified atom stereocenters. The fourth-order valence-electron chi connectivity index (χ4n) is 7.06. The maximum Gasteiger partial charge on any atom is 0.144 e. The van der Waals surface area contributed by atoms with Gasteiger partial charge in [0.25, 0.3) is 0 Å². The summed E-state index contributed by atoms with van der Waals surface area (Å²) in [6.07, 6.45) is 4.84. The van der Waals surface area contributed by atoms with Crippen molar-refractivity contribution in [3.8, 4) is 0 Å². The zero-order chi connectivity index (χ0) is 26.4. The standard InChI is InChI=1S/C36H37NO/c1-21-13-27-26-9-7-8-10-31(26)38-34(27)29(14-21)33-28-18-24(23-11-12-36(5,6)20-23)17-25-15-22(19-35(2,3)4)16-30(37-33)32(25)28/h7-10,13-18,23H,11-12,19-20H2,1-6H3. The number of aliphatic imine (C=N–C) groups is 1. The highest BCUT2D eigenvalue weighted by Gasteiger charge is 2.33. The minimum Gasteiger partial charge on any atom is -0.455 e. The van der Waals surface area contributed by atoms with E-state index >= 15 is 0 Å². The quantitative estimate of drug-likeness (QED) is 0.238. The second-order valence-electron chi connectivity index (χ2n) is 13.9. The largest absolute Gasteiger partial charge is 0.455 e. The first-order valence-electron chi connectivity index (χ1n) is 14.2. The van der Waals surface area contributed by atoms with Crippen molar-refractivity contribution in [2.75, 3.05) is 0 Å². The molecule has 0 N–H and O–H groups in total. The number of nitrogens with zero attached hydrogens (tertiary/aromatic N) is 1. The van der Waals surface area contributed by atoms with E-state index in [1.165, 1.54) is 63.1 Å². The van der Waals surface area contributed by atoms with Gasteiger partial charge in [-0.1, -0.05) is 65.0 Å². The van der Waals surface area contributed by atoms with Gasteiger partial charge >= 0.3 is 0 Å². The van der Waals surface area contributed by atoms with Gasteiger partial charge in [0.15, 0.2) is 0 Å². The van der Waals surface area contributed by atoms with Crippen molar-refractivity contribution in [2.24, 2.45) is 15.8 Å². The van der Waals surface area contributed by atoms with Crippen LogP contribution in [0.1, 0.15) is 87.6 Å². The summed E-state index contributed by atoms with van der Waals surface area (Å²) in [5.74, 6) is 0.603. The maximum absolute atomic E-state index is 6.51.